The second-order valence-electron chi connectivity index (χ2n) is 4.44. The monoisotopic (exact) mass is 251 g/mol. The van der Waals surface area contributed by atoms with E-state index < -0.39 is 0 Å². The number of rotatable bonds is 2. The first-order chi connectivity index (χ1) is 9.24. The summed E-state index contributed by atoms with van der Waals surface area (Å²) >= 11 is 0. The van der Waals surface area contributed by atoms with Crippen molar-refractivity contribution in [1.29, 1.82) is 0 Å². The van der Waals surface area contributed by atoms with Gasteiger partial charge in [-0.15, -0.1) is 0 Å². The largest absolute Gasteiger partial charge is 0.322 e. The summed E-state index contributed by atoms with van der Waals surface area (Å²) in [7, 11) is 0. The zero-order valence-electron chi connectivity index (χ0n) is 10.5. The quantitative estimate of drug-likeness (QED) is 0.735. The Balaban J connectivity index is 1.88. The molecule has 0 radical (unpaired) electrons. The lowest BCUT2D eigenvalue weighted by atomic mass is 10.1. The van der Waals surface area contributed by atoms with Crippen molar-refractivity contribution in [2.75, 3.05) is 5.32 Å². The molecule has 0 aliphatic carbocycles. The van der Waals surface area contributed by atoms with Crippen LogP contribution in [-0.2, 0) is 0 Å². The number of nitrogens with one attached hydrogen (secondary N) is 2. The Labute approximate surface area is 110 Å². The van der Waals surface area contributed by atoms with Gasteiger partial charge in [0.1, 0.15) is 0 Å². The minimum absolute atomic E-state index is 0.100. The number of aromatic amines is 1. The van der Waals surface area contributed by atoms with Crippen LogP contribution < -0.4 is 5.32 Å². The number of amides is 1. The van der Waals surface area contributed by atoms with E-state index in [0.29, 0.717) is 5.56 Å². The topological polar surface area (TPSA) is 57.8 Å². The van der Waals surface area contributed by atoms with Crippen LogP contribution in [0.1, 0.15) is 15.9 Å². The highest BCUT2D eigenvalue weighted by molar-refractivity contribution is 6.05. The number of aryl methyl sites for hydroxylation is 1. The number of anilines is 1. The van der Waals surface area contributed by atoms with Crippen molar-refractivity contribution < 1.29 is 4.79 Å². The van der Waals surface area contributed by atoms with Crippen molar-refractivity contribution in [2.45, 2.75) is 6.92 Å². The number of carbonyl (C=O) groups excluding carboxylic acids is 1. The highest BCUT2D eigenvalue weighted by atomic mass is 16.1. The third kappa shape index (κ3) is 2.20. The molecular formula is C15H13N3O. The Kier molecular flexibility index (Phi) is 2.76. The first-order valence-corrected chi connectivity index (χ1v) is 6.04. The van der Waals surface area contributed by atoms with Gasteiger partial charge >= 0.3 is 0 Å². The zero-order chi connectivity index (χ0) is 13.2. The van der Waals surface area contributed by atoms with Crippen molar-refractivity contribution in [3.63, 3.8) is 0 Å². The number of H-pyrrole nitrogens is 1. The van der Waals surface area contributed by atoms with E-state index in [1.807, 2.05) is 49.4 Å². The summed E-state index contributed by atoms with van der Waals surface area (Å²) in [4.78, 5) is 12.2. The van der Waals surface area contributed by atoms with Crippen LogP contribution in [0.15, 0.2) is 48.7 Å². The first-order valence-electron chi connectivity index (χ1n) is 6.04. The lowest BCUT2D eigenvalue weighted by molar-refractivity contribution is 0.102. The summed E-state index contributed by atoms with van der Waals surface area (Å²) in [5.74, 6) is -0.100. The second-order valence-corrected chi connectivity index (χ2v) is 4.44. The maximum atomic E-state index is 12.2. The van der Waals surface area contributed by atoms with Crippen molar-refractivity contribution in [3.05, 3.63) is 59.8 Å². The molecule has 1 heterocycles. The molecule has 1 aromatic heterocycles. The van der Waals surface area contributed by atoms with Crippen molar-refractivity contribution in [2.24, 2.45) is 0 Å². The molecule has 0 fully saturated rings. The van der Waals surface area contributed by atoms with E-state index in [9.17, 15) is 4.79 Å². The van der Waals surface area contributed by atoms with Crippen LogP contribution >= 0.6 is 0 Å². The lowest BCUT2D eigenvalue weighted by Crippen LogP contribution is -2.13. The van der Waals surface area contributed by atoms with Crippen molar-refractivity contribution in [3.8, 4) is 0 Å². The van der Waals surface area contributed by atoms with Crippen molar-refractivity contribution >= 4 is 22.5 Å². The van der Waals surface area contributed by atoms with Gasteiger partial charge in [0.2, 0.25) is 0 Å². The molecule has 0 bridgehead atoms. The van der Waals surface area contributed by atoms with Gasteiger partial charge in [0.25, 0.3) is 5.91 Å². The number of hydrogen-bond donors (Lipinski definition) is 2. The summed E-state index contributed by atoms with van der Waals surface area (Å²) in [6, 6.07) is 13.2. The van der Waals surface area contributed by atoms with Gasteiger partial charge in [-0.2, -0.15) is 5.10 Å². The minimum Gasteiger partial charge on any atom is -0.322 e. The maximum absolute atomic E-state index is 12.2. The number of hydrogen-bond acceptors (Lipinski definition) is 2. The fourth-order valence-electron chi connectivity index (χ4n) is 2.04. The van der Waals surface area contributed by atoms with Crippen molar-refractivity contribution in [1.82, 2.24) is 10.2 Å². The Morgan fingerprint density at radius 2 is 2.05 bits per heavy atom. The van der Waals surface area contributed by atoms with Crippen LogP contribution in [0.3, 0.4) is 0 Å². The number of nitrogens with zero attached hydrogens (tertiary/aromatic N) is 1. The Morgan fingerprint density at radius 1 is 1.21 bits per heavy atom. The zero-order valence-corrected chi connectivity index (χ0v) is 10.5. The smallest absolute Gasteiger partial charge is 0.255 e. The molecule has 0 saturated heterocycles. The maximum Gasteiger partial charge on any atom is 0.255 e. The molecule has 0 unspecified atom stereocenters. The van der Waals surface area contributed by atoms with E-state index in [1.165, 1.54) is 0 Å². The van der Waals surface area contributed by atoms with E-state index in [0.717, 1.165) is 22.2 Å². The highest BCUT2D eigenvalue weighted by Gasteiger charge is 2.08. The van der Waals surface area contributed by atoms with Crippen LogP contribution in [-0.4, -0.2) is 16.1 Å². The van der Waals surface area contributed by atoms with E-state index >= 15 is 0 Å². The summed E-state index contributed by atoms with van der Waals surface area (Å²) in [6.45, 7) is 1.92. The van der Waals surface area contributed by atoms with Gasteiger partial charge < -0.3 is 5.32 Å². The predicted octanol–water partition coefficient (Wildman–Crippen LogP) is 3.12. The Hall–Kier alpha value is -2.62. The lowest BCUT2D eigenvalue weighted by Gasteiger charge is -2.07. The molecule has 0 saturated carbocycles. The van der Waals surface area contributed by atoms with Crippen LogP contribution in [0.2, 0.25) is 0 Å². The minimum atomic E-state index is -0.100. The number of carbonyl (C=O) groups is 1. The molecule has 0 aliphatic heterocycles. The summed E-state index contributed by atoms with van der Waals surface area (Å²) in [6.07, 6.45) is 1.75. The Morgan fingerprint density at radius 3 is 2.89 bits per heavy atom. The third-order valence-electron chi connectivity index (χ3n) is 3.09. The van der Waals surface area contributed by atoms with Gasteiger partial charge in [0.05, 0.1) is 11.7 Å². The van der Waals surface area contributed by atoms with Crippen LogP contribution in [0.5, 0.6) is 0 Å². The van der Waals surface area contributed by atoms with Crippen LogP contribution in [0.25, 0.3) is 10.9 Å². The van der Waals surface area contributed by atoms with Gasteiger partial charge in [0, 0.05) is 16.6 Å². The van der Waals surface area contributed by atoms with E-state index in [1.54, 1.807) is 6.20 Å². The number of fused-ring (bicyclic) bond motifs is 1. The molecule has 3 aromatic rings. The first kappa shape index (κ1) is 11.5. The van der Waals surface area contributed by atoms with E-state index in [4.69, 9.17) is 0 Å². The molecule has 94 valence electrons. The molecule has 19 heavy (non-hydrogen) atoms. The SMILES string of the molecule is Cc1ccccc1C(=O)Nc1ccc2cn[nH]c2c1. The van der Waals surface area contributed by atoms with Gasteiger partial charge in [-0.3, -0.25) is 9.89 Å². The molecule has 2 N–H and O–H groups in total. The van der Waals surface area contributed by atoms with Crippen LogP contribution in [0.4, 0.5) is 5.69 Å². The van der Waals surface area contributed by atoms with E-state index in [-0.39, 0.29) is 5.91 Å². The van der Waals surface area contributed by atoms with Gasteiger partial charge in [-0.25, -0.2) is 0 Å². The molecule has 1 amide bonds. The normalized spacial score (nSPS) is 10.6. The van der Waals surface area contributed by atoms with Crippen LogP contribution in [0, 0.1) is 6.92 Å². The highest BCUT2D eigenvalue weighted by Crippen LogP contribution is 2.18. The molecular weight excluding hydrogens is 238 g/mol. The van der Waals surface area contributed by atoms with Gasteiger partial charge in [-0.1, -0.05) is 18.2 Å². The average molecular weight is 251 g/mol. The molecule has 0 atom stereocenters. The van der Waals surface area contributed by atoms with E-state index in [2.05, 4.69) is 15.5 Å². The summed E-state index contributed by atoms with van der Waals surface area (Å²) < 4.78 is 0. The third-order valence-corrected chi connectivity index (χ3v) is 3.09. The molecule has 0 aliphatic rings. The number of benzene rings is 2. The summed E-state index contributed by atoms with van der Waals surface area (Å²) in [5, 5.41) is 10.8. The molecule has 4 nitrogen and oxygen atoms in total. The molecule has 4 heteroatoms. The van der Waals surface area contributed by atoms with Gasteiger partial charge in [-0.05, 0) is 36.8 Å². The fraction of sp³-hybridized carbons (Fsp3) is 0.0667. The second kappa shape index (κ2) is 4.57. The fourth-order valence-corrected chi connectivity index (χ4v) is 2.04. The standard InChI is InChI=1S/C15H13N3O/c1-10-4-2-3-5-13(10)15(19)17-12-7-6-11-9-16-18-14(11)8-12/h2-9H,1H3,(H,16,18)(H,17,19). The van der Waals surface area contributed by atoms with Gasteiger partial charge in [0.15, 0.2) is 0 Å². The number of aromatic nitrogens is 2. The molecule has 3 rings (SSSR count). The average Bonchev–Trinajstić information content (AvgIpc) is 2.86. The molecule has 0 spiro atoms. The molecule has 2 aromatic carbocycles. The Bertz CT molecular complexity index is 746. The summed E-state index contributed by atoms with van der Waals surface area (Å²) in [5.41, 5.74) is 3.31. The predicted molar refractivity (Wildman–Crippen MR) is 75.2 cm³/mol.